The molecule has 0 unspecified atom stereocenters. The molecule has 0 spiro atoms. The zero-order valence-electron chi connectivity index (χ0n) is 7.92. The van der Waals surface area contributed by atoms with Gasteiger partial charge in [0, 0.05) is 13.1 Å². The summed E-state index contributed by atoms with van der Waals surface area (Å²) in [6.45, 7) is 2.58. The maximum atomic E-state index is 7.35. The molecule has 0 aliphatic carbocycles. The third kappa shape index (κ3) is 1.65. The molecule has 0 radical (unpaired) electrons. The van der Waals surface area contributed by atoms with Gasteiger partial charge in [0.25, 0.3) is 0 Å². The lowest BCUT2D eigenvalue weighted by molar-refractivity contribution is 0.0277. The Labute approximate surface area is 74.0 Å². The third-order valence-corrected chi connectivity index (χ3v) is 2.04. The number of benzene rings is 1. The number of rotatable bonds is 1. The lowest BCUT2D eigenvalue weighted by atomic mass is 10.1. The molecule has 12 heavy (non-hydrogen) atoms. The van der Waals surface area contributed by atoms with Crippen molar-refractivity contribution in [2.75, 3.05) is 19.7 Å². The summed E-state index contributed by atoms with van der Waals surface area (Å²) in [6, 6.07) is 8.06. The Balaban J connectivity index is 2.10. The maximum absolute atomic E-state index is 7.35. The molecule has 1 aromatic rings. The second-order valence-corrected chi connectivity index (χ2v) is 2.90. The van der Waals surface area contributed by atoms with Crippen molar-refractivity contribution in [3.8, 4) is 0 Å². The number of nitrogens with one attached hydrogen (secondary N) is 1. The monoisotopic (exact) mass is 164 g/mol. The first kappa shape index (κ1) is 6.63. The quantitative estimate of drug-likeness (QED) is 0.676. The third-order valence-electron chi connectivity index (χ3n) is 2.04. The zero-order valence-corrected chi connectivity index (χ0v) is 6.92. The van der Waals surface area contributed by atoms with Crippen LogP contribution in [-0.2, 0) is 4.74 Å². The van der Waals surface area contributed by atoms with Crippen LogP contribution in [0.3, 0.4) is 0 Å². The van der Waals surface area contributed by atoms with E-state index < -0.39 is 0 Å². The van der Waals surface area contributed by atoms with Crippen LogP contribution in [-0.4, -0.2) is 19.7 Å². The highest BCUT2D eigenvalue weighted by molar-refractivity contribution is 5.18. The number of hydrogen-bond acceptors (Lipinski definition) is 2. The second kappa shape index (κ2) is 3.70. The molecular formula is C10H13NO. The van der Waals surface area contributed by atoms with Crippen LogP contribution >= 0.6 is 0 Å². The van der Waals surface area contributed by atoms with Crippen molar-refractivity contribution in [3.05, 3.63) is 35.9 Å². The van der Waals surface area contributed by atoms with Gasteiger partial charge in [-0.05, 0) is 5.56 Å². The second-order valence-electron chi connectivity index (χ2n) is 2.90. The predicted octanol–water partition coefficient (Wildman–Crippen LogP) is 1.35. The molecule has 1 saturated heterocycles. The summed E-state index contributed by atoms with van der Waals surface area (Å²) in [5, 5.41) is 3.28. The van der Waals surface area contributed by atoms with Gasteiger partial charge in [0.2, 0.25) is 0 Å². The van der Waals surface area contributed by atoms with Crippen molar-refractivity contribution in [2.24, 2.45) is 0 Å². The first-order chi connectivity index (χ1) is 6.36. The summed E-state index contributed by atoms with van der Waals surface area (Å²) >= 11 is 0. The first-order valence-electron chi connectivity index (χ1n) is 4.75. The highest BCUT2D eigenvalue weighted by Crippen LogP contribution is 2.17. The molecular weight excluding hydrogens is 150 g/mol. The highest BCUT2D eigenvalue weighted by Gasteiger charge is 2.14. The Bertz CT molecular complexity index is 267. The fourth-order valence-corrected chi connectivity index (χ4v) is 1.39. The first-order valence-corrected chi connectivity index (χ1v) is 4.25. The van der Waals surface area contributed by atoms with Crippen LogP contribution in [0.25, 0.3) is 0 Å². The van der Waals surface area contributed by atoms with Crippen LogP contribution in [0.4, 0.5) is 0 Å². The van der Waals surface area contributed by atoms with E-state index in [1.165, 1.54) is 0 Å². The van der Waals surface area contributed by atoms with Crippen molar-refractivity contribution in [2.45, 2.75) is 6.10 Å². The Morgan fingerprint density at radius 1 is 1.50 bits per heavy atom. The minimum absolute atomic E-state index is 0.161. The van der Waals surface area contributed by atoms with E-state index in [1.807, 2.05) is 12.1 Å². The summed E-state index contributed by atoms with van der Waals surface area (Å²) in [5.74, 6) is 0. The van der Waals surface area contributed by atoms with Gasteiger partial charge in [0.05, 0.1) is 14.1 Å². The van der Waals surface area contributed by atoms with Crippen molar-refractivity contribution in [1.82, 2.24) is 5.32 Å². The topological polar surface area (TPSA) is 21.3 Å². The van der Waals surface area contributed by atoms with Gasteiger partial charge in [-0.2, -0.15) is 0 Å². The van der Waals surface area contributed by atoms with Gasteiger partial charge in [-0.15, -0.1) is 0 Å². The Hall–Kier alpha value is -0.860. The maximum Gasteiger partial charge on any atom is 0.0949 e. The van der Waals surface area contributed by atoms with Gasteiger partial charge in [-0.1, -0.05) is 30.3 Å². The summed E-state index contributed by atoms with van der Waals surface area (Å²) in [6.07, 6.45) is 0.161. The van der Waals surface area contributed by atoms with Crippen LogP contribution in [0.5, 0.6) is 0 Å². The lowest BCUT2D eigenvalue weighted by Gasteiger charge is -2.23. The molecule has 1 heterocycles. The number of ether oxygens (including phenoxy) is 1. The zero-order chi connectivity index (χ0) is 9.10. The van der Waals surface area contributed by atoms with Crippen LogP contribution in [0.15, 0.2) is 30.3 Å². The minimum Gasteiger partial charge on any atom is -0.371 e. The molecule has 64 valence electrons. The molecule has 1 N–H and O–H groups in total. The van der Waals surface area contributed by atoms with Gasteiger partial charge in [-0.3, -0.25) is 0 Å². The van der Waals surface area contributed by atoms with Crippen molar-refractivity contribution in [3.63, 3.8) is 0 Å². The lowest BCUT2D eigenvalue weighted by Crippen LogP contribution is -2.33. The highest BCUT2D eigenvalue weighted by atomic mass is 16.5. The van der Waals surface area contributed by atoms with E-state index in [4.69, 9.17) is 6.11 Å². The van der Waals surface area contributed by atoms with E-state index >= 15 is 0 Å². The van der Waals surface area contributed by atoms with Gasteiger partial charge in [-0.25, -0.2) is 0 Å². The number of hydrogen-bond donors (Lipinski definition) is 1. The SMILES string of the molecule is [2H]c1ccc([C@H]2CNCCO2)cc1. The molecule has 1 aliphatic heterocycles. The van der Waals surface area contributed by atoms with E-state index in [9.17, 15) is 0 Å². The molecule has 1 fully saturated rings. The summed E-state index contributed by atoms with van der Waals surface area (Å²) in [5.41, 5.74) is 1.16. The standard InChI is InChI=1S/C10H13NO/c1-2-4-9(5-3-1)10-8-11-6-7-12-10/h1-5,10-11H,6-8H2/t10-/m1/s1/i1D. The largest absolute Gasteiger partial charge is 0.371 e. The van der Waals surface area contributed by atoms with E-state index in [0.29, 0.717) is 6.04 Å². The molecule has 2 nitrogen and oxygen atoms in total. The van der Waals surface area contributed by atoms with Crippen LogP contribution < -0.4 is 5.32 Å². The normalized spacial score (nSPS) is 25.0. The molecule has 2 heteroatoms. The van der Waals surface area contributed by atoms with Gasteiger partial charge in [0.15, 0.2) is 0 Å². The van der Waals surface area contributed by atoms with Crippen molar-refractivity contribution in [1.29, 1.82) is 0 Å². The van der Waals surface area contributed by atoms with E-state index in [0.717, 1.165) is 25.3 Å². The van der Waals surface area contributed by atoms with E-state index in [1.54, 1.807) is 12.1 Å². The summed E-state index contributed by atoms with van der Waals surface area (Å²) in [7, 11) is 0. The molecule has 1 atom stereocenters. The van der Waals surface area contributed by atoms with Gasteiger partial charge < -0.3 is 10.1 Å². The van der Waals surface area contributed by atoms with Crippen molar-refractivity contribution >= 4 is 0 Å². The molecule has 0 bridgehead atoms. The minimum atomic E-state index is 0.161. The molecule has 0 amide bonds. The molecule has 0 saturated carbocycles. The summed E-state index contributed by atoms with van der Waals surface area (Å²) in [4.78, 5) is 0. The van der Waals surface area contributed by atoms with Crippen molar-refractivity contribution < 1.29 is 6.11 Å². The Morgan fingerprint density at radius 2 is 2.33 bits per heavy atom. The average molecular weight is 164 g/mol. The predicted molar refractivity (Wildman–Crippen MR) is 48.0 cm³/mol. The van der Waals surface area contributed by atoms with Gasteiger partial charge in [0.1, 0.15) is 0 Å². The van der Waals surface area contributed by atoms with E-state index in [2.05, 4.69) is 5.32 Å². The van der Waals surface area contributed by atoms with Crippen LogP contribution in [0.2, 0.25) is 0 Å². The Kier molecular flexibility index (Phi) is 2.04. The number of morpholine rings is 1. The van der Waals surface area contributed by atoms with Crippen LogP contribution in [0.1, 0.15) is 13.0 Å². The summed E-state index contributed by atoms with van der Waals surface area (Å²) < 4.78 is 12.9. The molecule has 1 aromatic carbocycles. The fourth-order valence-electron chi connectivity index (χ4n) is 1.39. The molecule has 2 rings (SSSR count). The Morgan fingerprint density at radius 3 is 3.00 bits per heavy atom. The fraction of sp³-hybridized carbons (Fsp3) is 0.400. The molecule has 0 aromatic heterocycles. The molecule has 1 aliphatic rings. The smallest absolute Gasteiger partial charge is 0.0949 e. The van der Waals surface area contributed by atoms with E-state index in [-0.39, 0.29) is 6.10 Å². The average Bonchev–Trinajstić information content (AvgIpc) is 2.20. The van der Waals surface area contributed by atoms with Gasteiger partial charge >= 0.3 is 0 Å². The van der Waals surface area contributed by atoms with Crippen LogP contribution in [0, 0.1) is 0 Å².